The molecular formula is C34H34N4O2. The molecule has 0 saturated heterocycles. The molecule has 0 aliphatic carbocycles. The van der Waals surface area contributed by atoms with Crippen molar-refractivity contribution in [1.82, 2.24) is 14.5 Å². The molecule has 0 aliphatic heterocycles. The molecule has 0 bridgehead atoms. The Morgan fingerprint density at radius 2 is 1.50 bits per heavy atom. The number of aryl methyl sites for hydroxylation is 3. The fourth-order valence-electron chi connectivity index (χ4n) is 5.05. The maximum absolute atomic E-state index is 14.0. The average molecular weight is 531 g/mol. The van der Waals surface area contributed by atoms with Crippen molar-refractivity contribution < 1.29 is 4.79 Å². The molecule has 40 heavy (non-hydrogen) atoms. The van der Waals surface area contributed by atoms with E-state index in [-0.39, 0.29) is 11.6 Å². The molecule has 0 radical (unpaired) electrons. The van der Waals surface area contributed by atoms with Crippen molar-refractivity contribution in [2.75, 3.05) is 5.32 Å². The summed E-state index contributed by atoms with van der Waals surface area (Å²) < 4.78 is 1.65. The van der Waals surface area contributed by atoms with Crippen LogP contribution in [0, 0.1) is 13.8 Å². The smallest absolute Gasteiger partial charge is 0.310 e. The number of amides is 2. The Hall–Kier alpha value is -4.71. The molecule has 6 heteroatoms. The second-order valence-electron chi connectivity index (χ2n) is 10.1. The number of aromatic nitrogens is 2. The Bertz CT molecular complexity index is 1690. The van der Waals surface area contributed by atoms with Gasteiger partial charge in [-0.25, -0.2) is 9.78 Å². The zero-order valence-corrected chi connectivity index (χ0v) is 23.4. The monoisotopic (exact) mass is 530 g/mol. The highest BCUT2D eigenvalue weighted by molar-refractivity contribution is 5.91. The lowest BCUT2D eigenvalue weighted by Gasteiger charge is -2.31. The predicted molar refractivity (Wildman–Crippen MR) is 162 cm³/mol. The number of carbonyl (C=O) groups is 1. The van der Waals surface area contributed by atoms with E-state index in [1.165, 1.54) is 5.56 Å². The zero-order chi connectivity index (χ0) is 28.2. The number of rotatable bonds is 7. The fourth-order valence-corrected chi connectivity index (χ4v) is 5.05. The third-order valence-electron chi connectivity index (χ3n) is 7.42. The van der Waals surface area contributed by atoms with E-state index in [1.54, 1.807) is 15.5 Å². The van der Waals surface area contributed by atoms with E-state index >= 15 is 0 Å². The number of urea groups is 1. The summed E-state index contributed by atoms with van der Waals surface area (Å²) in [5.74, 6) is 0.500. The molecule has 1 aromatic heterocycles. The first-order valence-corrected chi connectivity index (χ1v) is 13.7. The highest BCUT2D eigenvalue weighted by atomic mass is 16.2. The van der Waals surface area contributed by atoms with E-state index in [0.29, 0.717) is 23.3 Å². The largest absolute Gasteiger partial charge is 0.322 e. The van der Waals surface area contributed by atoms with Gasteiger partial charge in [-0.3, -0.25) is 9.36 Å². The van der Waals surface area contributed by atoms with Crippen LogP contribution in [0.25, 0.3) is 16.6 Å². The lowest BCUT2D eigenvalue weighted by atomic mass is 10.1. The first-order chi connectivity index (χ1) is 19.4. The Balaban J connectivity index is 1.65. The predicted octanol–water partition coefficient (Wildman–Crippen LogP) is 7.36. The molecule has 4 aromatic carbocycles. The minimum atomic E-state index is -0.535. The third kappa shape index (κ3) is 5.38. The van der Waals surface area contributed by atoms with Gasteiger partial charge in [0.2, 0.25) is 0 Å². The van der Waals surface area contributed by atoms with Crippen LogP contribution in [0.15, 0.2) is 102 Å². The normalized spacial score (nSPS) is 11.8. The standard InChI is InChI=1S/C34H34N4O2/c1-5-26-18-20-28(21-19-26)38-32(35-30-17-10-9-16-29(30)33(38)39)25(4)37(22-27-14-7-6-8-15-27)34(40)36-31-23(2)12-11-13-24(31)3/h6-21,25H,5,22H2,1-4H3,(H,36,40). The van der Waals surface area contributed by atoms with Gasteiger partial charge in [0, 0.05) is 12.2 Å². The zero-order valence-electron chi connectivity index (χ0n) is 23.4. The first kappa shape index (κ1) is 26.9. The molecule has 5 aromatic rings. The van der Waals surface area contributed by atoms with E-state index in [0.717, 1.165) is 34.5 Å². The van der Waals surface area contributed by atoms with Crippen LogP contribution in [-0.4, -0.2) is 20.5 Å². The van der Waals surface area contributed by atoms with E-state index in [4.69, 9.17) is 4.98 Å². The first-order valence-electron chi connectivity index (χ1n) is 13.7. The number of hydrogen-bond acceptors (Lipinski definition) is 3. The average Bonchev–Trinajstić information content (AvgIpc) is 2.98. The van der Waals surface area contributed by atoms with Gasteiger partial charge < -0.3 is 10.2 Å². The molecule has 2 amide bonds. The minimum absolute atomic E-state index is 0.161. The van der Waals surface area contributed by atoms with Crippen molar-refractivity contribution in [3.8, 4) is 5.69 Å². The Labute approximate surface area is 234 Å². The number of para-hydroxylation sites is 2. The maximum Gasteiger partial charge on any atom is 0.322 e. The quantitative estimate of drug-likeness (QED) is 0.239. The SMILES string of the molecule is CCc1ccc(-n2c(C(C)N(Cc3ccccc3)C(=O)Nc3c(C)cccc3C)nc3ccccc3c2=O)cc1. The molecule has 5 rings (SSSR count). The van der Waals surface area contributed by atoms with Crippen molar-refractivity contribution in [2.24, 2.45) is 0 Å². The van der Waals surface area contributed by atoms with Gasteiger partial charge in [0.25, 0.3) is 5.56 Å². The number of fused-ring (bicyclic) bond motifs is 1. The van der Waals surface area contributed by atoms with Crippen LogP contribution in [0.4, 0.5) is 10.5 Å². The number of anilines is 1. The number of benzene rings is 4. The van der Waals surface area contributed by atoms with Crippen LogP contribution in [0.2, 0.25) is 0 Å². The molecule has 1 atom stereocenters. The van der Waals surface area contributed by atoms with Crippen LogP contribution in [0.5, 0.6) is 0 Å². The molecule has 6 nitrogen and oxygen atoms in total. The van der Waals surface area contributed by atoms with Crippen LogP contribution in [0.3, 0.4) is 0 Å². The van der Waals surface area contributed by atoms with Crippen molar-refractivity contribution in [3.63, 3.8) is 0 Å². The van der Waals surface area contributed by atoms with Crippen molar-refractivity contribution in [2.45, 2.75) is 46.7 Å². The molecule has 1 heterocycles. The highest BCUT2D eigenvalue weighted by Gasteiger charge is 2.28. The minimum Gasteiger partial charge on any atom is -0.310 e. The molecule has 0 aliphatic rings. The van der Waals surface area contributed by atoms with Gasteiger partial charge >= 0.3 is 6.03 Å². The Morgan fingerprint density at radius 3 is 2.17 bits per heavy atom. The molecule has 0 saturated carbocycles. The van der Waals surface area contributed by atoms with Crippen LogP contribution in [-0.2, 0) is 13.0 Å². The van der Waals surface area contributed by atoms with Crippen molar-refractivity contribution in [3.05, 3.63) is 135 Å². The highest BCUT2D eigenvalue weighted by Crippen LogP contribution is 2.27. The summed E-state index contributed by atoms with van der Waals surface area (Å²) in [6.07, 6.45) is 0.901. The Morgan fingerprint density at radius 1 is 0.850 bits per heavy atom. The topological polar surface area (TPSA) is 67.2 Å². The number of nitrogens with one attached hydrogen (secondary N) is 1. The van der Waals surface area contributed by atoms with E-state index in [9.17, 15) is 9.59 Å². The van der Waals surface area contributed by atoms with Crippen molar-refractivity contribution >= 4 is 22.6 Å². The number of carbonyl (C=O) groups excluding carboxylic acids is 1. The summed E-state index contributed by atoms with van der Waals surface area (Å²) in [6.45, 7) is 8.34. The van der Waals surface area contributed by atoms with E-state index in [2.05, 4.69) is 12.2 Å². The van der Waals surface area contributed by atoms with E-state index in [1.807, 2.05) is 112 Å². The fraction of sp³-hybridized carbons (Fsp3) is 0.206. The molecule has 1 unspecified atom stereocenters. The lowest BCUT2D eigenvalue weighted by molar-refractivity contribution is 0.185. The summed E-state index contributed by atoms with van der Waals surface area (Å²) in [4.78, 5) is 34.7. The maximum atomic E-state index is 14.0. The second kappa shape index (κ2) is 11.6. The molecular weight excluding hydrogens is 496 g/mol. The molecule has 202 valence electrons. The van der Waals surface area contributed by atoms with Gasteiger partial charge in [0.15, 0.2) is 0 Å². The van der Waals surface area contributed by atoms with Crippen LogP contribution in [0.1, 0.15) is 48.0 Å². The summed E-state index contributed by atoms with van der Waals surface area (Å²) in [5.41, 5.74) is 6.08. The molecule has 1 N–H and O–H groups in total. The van der Waals surface area contributed by atoms with Gasteiger partial charge in [-0.1, -0.05) is 79.7 Å². The summed E-state index contributed by atoms with van der Waals surface area (Å²) in [7, 11) is 0. The van der Waals surface area contributed by atoms with Crippen molar-refractivity contribution in [1.29, 1.82) is 0 Å². The van der Waals surface area contributed by atoms with Gasteiger partial charge in [-0.15, -0.1) is 0 Å². The number of hydrogen-bond donors (Lipinski definition) is 1. The summed E-state index contributed by atoms with van der Waals surface area (Å²) in [6, 6.07) is 30.3. The lowest BCUT2D eigenvalue weighted by Crippen LogP contribution is -2.39. The van der Waals surface area contributed by atoms with Gasteiger partial charge in [0.05, 0.1) is 22.6 Å². The van der Waals surface area contributed by atoms with Gasteiger partial charge in [-0.05, 0) is 73.7 Å². The summed E-state index contributed by atoms with van der Waals surface area (Å²) in [5, 5.41) is 3.68. The summed E-state index contributed by atoms with van der Waals surface area (Å²) >= 11 is 0. The van der Waals surface area contributed by atoms with Gasteiger partial charge in [-0.2, -0.15) is 0 Å². The van der Waals surface area contributed by atoms with Crippen LogP contribution < -0.4 is 10.9 Å². The molecule has 0 spiro atoms. The number of nitrogens with zero attached hydrogens (tertiary/aromatic N) is 3. The third-order valence-corrected chi connectivity index (χ3v) is 7.42. The van der Waals surface area contributed by atoms with Crippen LogP contribution >= 0.6 is 0 Å². The van der Waals surface area contributed by atoms with E-state index < -0.39 is 6.04 Å². The Kier molecular flexibility index (Phi) is 7.78. The second-order valence-corrected chi connectivity index (χ2v) is 10.1. The molecule has 0 fully saturated rings. The van der Waals surface area contributed by atoms with Gasteiger partial charge in [0.1, 0.15) is 5.82 Å².